The van der Waals surface area contributed by atoms with E-state index in [4.69, 9.17) is 5.73 Å². The minimum atomic E-state index is -0.557. The molecule has 1 aromatic heterocycles. The van der Waals surface area contributed by atoms with Gasteiger partial charge in [0.15, 0.2) is 0 Å². The highest BCUT2D eigenvalue weighted by Crippen LogP contribution is 2.25. The highest BCUT2D eigenvalue weighted by Gasteiger charge is 2.21. The van der Waals surface area contributed by atoms with Crippen molar-refractivity contribution in [2.24, 2.45) is 0 Å². The lowest BCUT2D eigenvalue weighted by molar-refractivity contribution is -0.384. The van der Waals surface area contributed by atoms with Gasteiger partial charge in [0.2, 0.25) is 11.7 Å². The Morgan fingerprint density at radius 2 is 2.06 bits per heavy atom. The summed E-state index contributed by atoms with van der Waals surface area (Å²) in [7, 11) is 4.77. The Morgan fingerprint density at radius 3 is 2.56 bits per heavy atom. The molecule has 0 aromatic carbocycles. The first-order chi connectivity index (χ1) is 8.32. The van der Waals surface area contributed by atoms with Crippen molar-refractivity contribution >= 4 is 23.2 Å². The summed E-state index contributed by atoms with van der Waals surface area (Å²) in [6.45, 7) is -0.00963. The highest BCUT2D eigenvalue weighted by atomic mass is 16.6. The summed E-state index contributed by atoms with van der Waals surface area (Å²) in [4.78, 5) is 28.5. The van der Waals surface area contributed by atoms with Crippen LogP contribution in [-0.4, -0.2) is 48.4 Å². The molecule has 1 aromatic rings. The number of anilines is 2. The molecule has 1 heterocycles. The van der Waals surface area contributed by atoms with Crippen LogP contribution in [-0.2, 0) is 4.79 Å². The Bertz CT molecular complexity index is 475. The van der Waals surface area contributed by atoms with E-state index in [9.17, 15) is 14.9 Å². The number of nitrogens with zero attached hydrogens (tertiary/aromatic N) is 4. The van der Waals surface area contributed by atoms with Crippen molar-refractivity contribution in [1.29, 1.82) is 0 Å². The Hall–Kier alpha value is -2.38. The molecule has 1 amide bonds. The molecule has 0 aliphatic heterocycles. The molecule has 0 saturated heterocycles. The first-order valence-electron chi connectivity index (χ1n) is 5.15. The van der Waals surface area contributed by atoms with Crippen molar-refractivity contribution in [3.63, 3.8) is 0 Å². The fraction of sp³-hybridized carbons (Fsp3) is 0.400. The molecular weight excluding hydrogens is 238 g/mol. The van der Waals surface area contributed by atoms with E-state index in [2.05, 4.69) is 4.98 Å². The standard InChI is InChI=1S/C10H15N5O3/c1-13(2)9(16)6-14(3)10-7(15(17)18)4-5-8(11)12-10/h4-5H,6H2,1-3H3,(H2,11,12). The Balaban J connectivity index is 3.04. The van der Waals surface area contributed by atoms with Crippen LogP contribution < -0.4 is 10.6 Å². The molecule has 8 nitrogen and oxygen atoms in total. The van der Waals surface area contributed by atoms with Gasteiger partial charge in [-0.2, -0.15) is 0 Å². The number of rotatable bonds is 4. The van der Waals surface area contributed by atoms with Gasteiger partial charge >= 0.3 is 5.69 Å². The number of aromatic nitrogens is 1. The molecule has 18 heavy (non-hydrogen) atoms. The van der Waals surface area contributed by atoms with Crippen molar-refractivity contribution in [1.82, 2.24) is 9.88 Å². The van der Waals surface area contributed by atoms with Crippen LogP contribution >= 0.6 is 0 Å². The maximum Gasteiger partial charge on any atom is 0.311 e. The summed E-state index contributed by atoms with van der Waals surface area (Å²) >= 11 is 0. The van der Waals surface area contributed by atoms with Gasteiger partial charge in [-0.15, -0.1) is 0 Å². The molecule has 8 heteroatoms. The van der Waals surface area contributed by atoms with Crippen molar-refractivity contribution in [2.45, 2.75) is 0 Å². The number of nitrogens with two attached hydrogens (primary N) is 1. The maximum absolute atomic E-state index is 11.5. The van der Waals surface area contributed by atoms with Crippen molar-refractivity contribution in [3.05, 3.63) is 22.2 Å². The van der Waals surface area contributed by atoms with E-state index in [-0.39, 0.29) is 29.8 Å². The molecule has 0 unspecified atom stereocenters. The number of amides is 1. The normalized spacial score (nSPS) is 9.94. The molecule has 1 rings (SSSR count). The van der Waals surface area contributed by atoms with E-state index < -0.39 is 4.92 Å². The van der Waals surface area contributed by atoms with Gasteiger partial charge < -0.3 is 15.5 Å². The van der Waals surface area contributed by atoms with Gasteiger partial charge in [0.05, 0.1) is 11.5 Å². The van der Waals surface area contributed by atoms with E-state index in [1.807, 2.05) is 0 Å². The summed E-state index contributed by atoms with van der Waals surface area (Å²) in [6, 6.07) is 2.62. The zero-order valence-electron chi connectivity index (χ0n) is 10.5. The van der Waals surface area contributed by atoms with Gasteiger partial charge in [0.25, 0.3) is 0 Å². The average molecular weight is 253 g/mol. The second-order valence-corrected chi connectivity index (χ2v) is 3.98. The summed E-state index contributed by atoms with van der Waals surface area (Å²) < 4.78 is 0. The topological polar surface area (TPSA) is 106 Å². The molecular formula is C10H15N5O3. The van der Waals surface area contributed by atoms with Crippen molar-refractivity contribution in [2.75, 3.05) is 38.3 Å². The Labute approximate surface area is 104 Å². The predicted molar refractivity (Wildman–Crippen MR) is 67.3 cm³/mol. The zero-order chi connectivity index (χ0) is 13.9. The number of nitro groups is 1. The van der Waals surface area contributed by atoms with Crippen LogP contribution in [0.25, 0.3) is 0 Å². The summed E-state index contributed by atoms with van der Waals surface area (Å²) in [5.41, 5.74) is 5.32. The minimum absolute atomic E-state index is 0.00963. The molecule has 0 atom stereocenters. The van der Waals surface area contributed by atoms with E-state index in [0.717, 1.165) is 0 Å². The first-order valence-corrected chi connectivity index (χ1v) is 5.15. The third-order valence-electron chi connectivity index (χ3n) is 2.31. The van der Waals surface area contributed by atoms with E-state index >= 15 is 0 Å². The van der Waals surface area contributed by atoms with Crippen molar-refractivity contribution in [3.8, 4) is 0 Å². The van der Waals surface area contributed by atoms with Crippen LogP contribution in [0, 0.1) is 10.1 Å². The number of carbonyl (C=O) groups is 1. The van der Waals surface area contributed by atoms with Crippen LogP contribution in [0.3, 0.4) is 0 Å². The van der Waals surface area contributed by atoms with E-state index in [1.54, 1.807) is 21.1 Å². The lowest BCUT2D eigenvalue weighted by atomic mass is 10.3. The van der Waals surface area contributed by atoms with E-state index in [1.165, 1.54) is 21.9 Å². The van der Waals surface area contributed by atoms with Crippen LogP contribution in [0.5, 0.6) is 0 Å². The summed E-state index contributed by atoms with van der Waals surface area (Å²) in [5, 5.41) is 10.9. The third-order valence-corrected chi connectivity index (χ3v) is 2.31. The van der Waals surface area contributed by atoms with E-state index in [0.29, 0.717) is 0 Å². The van der Waals surface area contributed by atoms with Gasteiger partial charge in [-0.3, -0.25) is 14.9 Å². The Kier molecular flexibility index (Phi) is 4.03. The first kappa shape index (κ1) is 13.7. The number of carbonyl (C=O) groups excluding carboxylic acids is 1. The lowest BCUT2D eigenvalue weighted by Crippen LogP contribution is -2.35. The van der Waals surface area contributed by atoms with Gasteiger partial charge in [0, 0.05) is 27.2 Å². The number of nitrogen functional groups attached to an aromatic ring is 1. The van der Waals surface area contributed by atoms with Crippen LogP contribution in [0.15, 0.2) is 12.1 Å². The molecule has 0 spiro atoms. The highest BCUT2D eigenvalue weighted by molar-refractivity contribution is 5.81. The quantitative estimate of drug-likeness (QED) is 0.602. The number of hydrogen-bond donors (Lipinski definition) is 1. The van der Waals surface area contributed by atoms with Gasteiger partial charge in [-0.05, 0) is 6.07 Å². The molecule has 0 fully saturated rings. The zero-order valence-corrected chi connectivity index (χ0v) is 10.5. The largest absolute Gasteiger partial charge is 0.384 e. The maximum atomic E-state index is 11.5. The molecule has 0 aliphatic rings. The fourth-order valence-corrected chi connectivity index (χ4v) is 1.30. The number of pyridine rings is 1. The minimum Gasteiger partial charge on any atom is -0.384 e. The molecule has 0 saturated carbocycles. The predicted octanol–water partition coefficient (Wildman–Crippen LogP) is 0.0964. The third kappa shape index (κ3) is 3.06. The van der Waals surface area contributed by atoms with Gasteiger partial charge in [-0.25, -0.2) is 4.98 Å². The van der Waals surface area contributed by atoms with Crippen LogP contribution in [0.4, 0.5) is 17.3 Å². The SMILES string of the molecule is CN(C)C(=O)CN(C)c1nc(N)ccc1[N+](=O)[O-]. The average Bonchev–Trinajstić information content (AvgIpc) is 2.28. The van der Waals surface area contributed by atoms with Crippen LogP contribution in [0.1, 0.15) is 0 Å². The fourth-order valence-electron chi connectivity index (χ4n) is 1.30. The molecule has 0 aliphatic carbocycles. The Morgan fingerprint density at radius 1 is 1.44 bits per heavy atom. The lowest BCUT2D eigenvalue weighted by Gasteiger charge is -2.19. The molecule has 0 radical (unpaired) electrons. The summed E-state index contributed by atoms with van der Waals surface area (Å²) in [6.07, 6.45) is 0. The smallest absolute Gasteiger partial charge is 0.311 e. The molecule has 0 bridgehead atoms. The molecule has 2 N–H and O–H groups in total. The van der Waals surface area contributed by atoms with Crippen molar-refractivity contribution < 1.29 is 9.72 Å². The number of likely N-dealkylation sites (N-methyl/N-ethyl adjacent to an activating group) is 2. The van der Waals surface area contributed by atoms with Gasteiger partial charge in [-0.1, -0.05) is 0 Å². The van der Waals surface area contributed by atoms with Gasteiger partial charge in [0.1, 0.15) is 5.82 Å². The number of hydrogen-bond acceptors (Lipinski definition) is 6. The molecule has 98 valence electrons. The second-order valence-electron chi connectivity index (χ2n) is 3.98. The summed E-state index contributed by atoms with van der Waals surface area (Å²) in [5.74, 6) is 0.0611. The van der Waals surface area contributed by atoms with Crippen LogP contribution in [0.2, 0.25) is 0 Å². The monoisotopic (exact) mass is 253 g/mol. The second kappa shape index (κ2) is 5.30.